The van der Waals surface area contributed by atoms with Crippen molar-refractivity contribution >= 4 is 5.97 Å². The van der Waals surface area contributed by atoms with E-state index in [9.17, 15) is 13.6 Å². The Labute approximate surface area is 104 Å². The van der Waals surface area contributed by atoms with Crippen molar-refractivity contribution < 1.29 is 23.0 Å². The Balaban J connectivity index is 3.09. The average molecular weight is 259 g/mol. The Hall–Kier alpha value is -1.72. The van der Waals surface area contributed by atoms with Gasteiger partial charge in [-0.25, -0.2) is 13.8 Å². The topological polar surface area (TPSA) is 48.4 Å². The summed E-state index contributed by atoms with van der Waals surface area (Å²) in [6.07, 6.45) is -2.78. The van der Waals surface area contributed by atoms with Crippen LogP contribution < -0.4 is 4.74 Å². The minimum Gasteiger partial charge on any atom is -0.481 e. The number of rotatable bonds is 5. The molecule has 1 rings (SSSR count). The molecule has 0 bridgehead atoms. The maximum atomic E-state index is 12.8. The summed E-state index contributed by atoms with van der Waals surface area (Å²) in [5.41, 5.74) is 0.364. The van der Waals surface area contributed by atoms with Gasteiger partial charge in [-0.05, 0) is 25.0 Å². The molecule has 0 unspecified atom stereocenters. The lowest BCUT2D eigenvalue weighted by molar-refractivity contribution is -0.142. The molecule has 0 amide bonds. The average Bonchev–Trinajstić information content (AvgIpc) is 2.31. The molecule has 0 N–H and O–H groups in total. The molecule has 1 heterocycles. The van der Waals surface area contributed by atoms with E-state index in [1.165, 1.54) is 20.1 Å². The Morgan fingerprint density at radius 2 is 2.17 bits per heavy atom. The first kappa shape index (κ1) is 14.3. The van der Waals surface area contributed by atoms with Crippen molar-refractivity contribution in [3.8, 4) is 5.88 Å². The third-order valence-corrected chi connectivity index (χ3v) is 2.45. The highest BCUT2D eigenvalue weighted by atomic mass is 19.3. The molecule has 1 aromatic heterocycles. The third-order valence-electron chi connectivity index (χ3n) is 2.45. The Bertz CT molecular complexity index is 436. The second-order valence-electron chi connectivity index (χ2n) is 3.62. The van der Waals surface area contributed by atoms with Gasteiger partial charge in [0.1, 0.15) is 5.69 Å². The van der Waals surface area contributed by atoms with Crippen LogP contribution in [-0.4, -0.2) is 24.7 Å². The summed E-state index contributed by atoms with van der Waals surface area (Å²) in [6, 6.07) is 1.47. The lowest BCUT2D eigenvalue weighted by Crippen LogP contribution is -2.11. The number of carbonyl (C=O) groups is 1. The number of esters is 1. The van der Waals surface area contributed by atoms with Crippen LogP contribution in [-0.2, 0) is 16.0 Å². The van der Waals surface area contributed by atoms with E-state index in [-0.39, 0.29) is 24.6 Å². The number of aromatic nitrogens is 1. The van der Waals surface area contributed by atoms with Crippen LogP contribution >= 0.6 is 0 Å². The monoisotopic (exact) mass is 259 g/mol. The zero-order valence-electron chi connectivity index (χ0n) is 10.5. The van der Waals surface area contributed by atoms with Gasteiger partial charge < -0.3 is 9.47 Å². The third kappa shape index (κ3) is 3.38. The highest BCUT2D eigenvalue weighted by Gasteiger charge is 2.19. The smallest absolute Gasteiger partial charge is 0.310 e. The largest absolute Gasteiger partial charge is 0.481 e. The van der Waals surface area contributed by atoms with Crippen molar-refractivity contribution in [3.63, 3.8) is 0 Å². The molecule has 6 heteroatoms. The summed E-state index contributed by atoms with van der Waals surface area (Å²) in [7, 11) is 1.33. The number of nitrogens with zero attached hydrogens (tertiary/aromatic N) is 1. The summed E-state index contributed by atoms with van der Waals surface area (Å²) in [5.74, 6) is -0.399. The first-order chi connectivity index (χ1) is 8.49. The molecule has 0 fully saturated rings. The van der Waals surface area contributed by atoms with Crippen molar-refractivity contribution in [1.29, 1.82) is 0 Å². The number of ether oxygens (including phenoxy) is 2. The van der Waals surface area contributed by atoms with E-state index in [4.69, 9.17) is 9.47 Å². The van der Waals surface area contributed by atoms with Crippen LogP contribution in [0.2, 0.25) is 0 Å². The summed E-state index contributed by atoms with van der Waals surface area (Å²) < 4.78 is 35.2. The quantitative estimate of drug-likeness (QED) is 0.762. The van der Waals surface area contributed by atoms with Gasteiger partial charge >= 0.3 is 5.97 Å². The van der Waals surface area contributed by atoms with Gasteiger partial charge in [0, 0.05) is 6.07 Å². The second kappa shape index (κ2) is 6.28. The van der Waals surface area contributed by atoms with Gasteiger partial charge in [-0.3, -0.25) is 4.79 Å². The highest BCUT2D eigenvalue weighted by Crippen LogP contribution is 2.26. The van der Waals surface area contributed by atoms with Crippen molar-refractivity contribution in [2.75, 3.05) is 13.7 Å². The van der Waals surface area contributed by atoms with Crippen LogP contribution in [0, 0.1) is 6.92 Å². The minimum absolute atomic E-state index is 0.0650. The number of methoxy groups -OCH3 is 1. The number of pyridine rings is 1. The molecule has 4 nitrogen and oxygen atoms in total. The normalized spacial score (nSPS) is 10.6. The zero-order chi connectivity index (χ0) is 13.7. The minimum atomic E-state index is -2.71. The lowest BCUT2D eigenvalue weighted by Gasteiger charge is -2.12. The number of hydrogen-bond acceptors (Lipinski definition) is 4. The number of hydrogen-bond donors (Lipinski definition) is 0. The fourth-order valence-corrected chi connectivity index (χ4v) is 1.52. The summed E-state index contributed by atoms with van der Waals surface area (Å²) in [4.78, 5) is 15.1. The van der Waals surface area contributed by atoms with E-state index in [1.54, 1.807) is 6.92 Å². The van der Waals surface area contributed by atoms with Crippen molar-refractivity contribution in [3.05, 3.63) is 22.9 Å². The van der Waals surface area contributed by atoms with Crippen LogP contribution in [0.25, 0.3) is 0 Å². The first-order valence-electron chi connectivity index (χ1n) is 5.47. The molecule has 0 aliphatic heterocycles. The van der Waals surface area contributed by atoms with Gasteiger partial charge in [-0.2, -0.15) is 0 Å². The van der Waals surface area contributed by atoms with E-state index in [0.717, 1.165) is 0 Å². The molecule has 0 aromatic carbocycles. The molecule has 0 radical (unpaired) electrons. The van der Waals surface area contributed by atoms with Gasteiger partial charge in [-0.15, -0.1) is 0 Å². The predicted molar refractivity (Wildman–Crippen MR) is 60.8 cm³/mol. The molecule has 0 aliphatic rings. The summed E-state index contributed by atoms with van der Waals surface area (Å²) >= 11 is 0. The van der Waals surface area contributed by atoms with Crippen LogP contribution in [0.5, 0.6) is 5.88 Å². The standard InChI is InChI=1S/C12H15F2NO3/c1-4-18-10(16)6-8-5-9(17-3)15-11(7(8)2)12(13)14/h5,12H,4,6H2,1-3H3. The van der Waals surface area contributed by atoms with Crippen LogP contribution in [0.3, 0.4) is 0 Å². The first-order valence-corrected chi connectivity index (χ1v) is 5.47. The lowest BCUT2D eigenvalue weighted by atomic mass is 10.0. The Morgan fingerprint density at radius 1 is 1.50 bits per heavy atom. The van der Waals surface area contributed by atoms with Gasteiger partial charge in [0.25, 0.3) is 6.43 Å². The highest BCUT2D eigenvalue weighted by molar-refractivity contribution is 5.73. The molecule has 18 heavy (non-hydrogen) atoms. The molecule has 0 aliphatic carbocycles. The zero-order valence-corrected chi connectivity index (χ0v) is 10.5. The molecule has 100 valence electrons. The molecule has 1 aromatic rings. The number of halogens is 2. The van der Waals surface area contributed by atoms with Crippen LogP contribution in [0.4, 0.5) is 8.78 Å². The van der Waals surface area contributed by atoms with E-state index in [2.05, 4.69) is 4.98 Å². The molecule has 0 saturated carbocycles. The predicted octanol–water partition coefficient (Wildman–Crippen LogP) is 2.44. The van der Waals surface area contributed by atoms with Crippen LogP contribution in [0.15, 0.2) is 6.07 Å². The number of carbonyl (C=O) groups excluding carboxylic acids is 1. The Kier molecular flexibility index (Phi) is 5.00. The second-order valence-corrected chi connectivity index (χ2v) is 3.62. The maximum absolute atomic E-state index is 12.8. The van der Waals surface area contributed by atoms with Gasteiger partial charge in [0.15, 0.2) is 0 Å². The van der Waals surface area contributed by atoms with Gasteiger partial charge in [-0.1, -0.05) is 0 Å². The number of alkyl halides is 2. The van der Waals surface area contributed by atoms with E-state index < -0.39 is 12.4 Å². The Morgan fingerprint density at radius 3 is 2.67 bits per heavy atom. The fourth-order valence-electron chi connectivity index (χ4n) is 1.52. The van der Waals surface area contributed by atoms with Crippen molar-refractivity contribution in [2.45, 2.75) is 26.7 Å². The molecular weight excluding hydrogens is 244 g/mol. The fraction of sp³-hybridized carbons (Fsp3) is 0.500. The van der Waals surface area contributed by atoms with Crippen molar-refractivity contribution in [1.82, 2.24) is 4.98 Å². The van der Waals surface area contributed by atoms with Crippen LogP contribution in [0.1, 0.15) is 30.2 Å². The van der Waals surface area contributed by atoms with Crippen molar-refractivity contribution in [2.24, 2.45) is 0 Å². The van der Waals surface area contributed by atoms with Gasteiger partial charge in [0.2, 0.25) is 5.88 Å². The molecule has 0 atom stereocenters. The molecule has 0 spiro atoms. The summed E-state index contributed by atoms with van der Waals surface area (Å²) in [5, 5.41) is 0. The van der Waals surface area contributed by atoms with Gasteiger partial charge in [0.05, 0.1) is 20.1 Å². The molecule has 0 saturated heterocycles. The van der Waals surface area contributed by atoms with E-state index in [0.29, 0.717) is 11.1 Å². The van der Waals surface area contributed by atoms with E-state index >= 15 is 0 Å². The summed E-state index contributed by atoms with van der Waals surface area (Å²) in [6.45, 7) is 3.44. The maximum Gasteiger partial charge on any atom is 0.310 e. The molecular formula is C12H15F2NO3. The van der Waals surface area contributed by atoms with E-state index in [1.807, 2.05) is 0 Å². The SMILES string of the molecule is CCOC(=O)Cc1cc(OC)nc(C(F)F)c1C.